The standard InChI is InChI=1S/C73H124O12/c1-4-7-10-13-16-19-22-25-28-31-33-36-38-41-44-47-50-53-56-59-65(74)81-62-64(83-66(75)60-57-54-51-48-45-42-39-35-30-27-24-21-18-15-12-9-6-3)63-82-73-71(69(78)68(77)70(85-73)72(79)80)84-67(76)61-58-55-52-49-46-43-40-37-34-32-29-26-23-20-17-14-11-8-5-2/h8,11,17,20,25-30,34,37,43,46,64,68-71,73,77-78H,4-7,9-10,12-16,18-19,21-24,31-33,35-36,38-42,44-45,47-63H2,1-3H3,(H,79,80)/b11-8-,20-17-,28-25-,29-26-,30-27-,37-34-,46-43-. The van der Waals surface area contributed by atoms with E-state index in [0.29, 0.717) is 19.3 Å². The van der Waals surface area contributed by atoms with Crippen molar-refractivity contribution in [3.63, 3.8) is 0 Å². The van der Waals surface area contributed by atoms with Crippen molar-refractivity contribution in [2.45, 2.75) is 340 Å². The number of carbonyl (C=O) groups is 4. The molecule has 488 valence electrons. The van der Waals surface area contributed by atoms with Crippen LogP contribution < -0.4 is 0 Å². The predicted octanol–water partition coefficient (Wildman–Crippen LogP) is 19.0. The van der Waals surface area contributed by atoms with Gasteiger partial charge in [-0.15, -0.1) is 0 Å². The fourth-order valence-corrected chi connectivity index (χ4v) is 10.2. The lowest BCUT2D eigenvalue weighted by molar-refractivity contribution is -0.301. The number of hydrogen-bond donors (Lipinski definition) is 3. The Balaban J connectivity index is 2.66. The van der Waals surface area contributed by atoms with Crippen LogP contribution in [0.3, 0.4) is 0 Å². The van der Waals surface area contributed by atoms with Gasteiger partial charge >= 0.3 is 23.9 Å². The maximum atomic E-state index is 13.2. The number of carboxylic acid groups (broad SMARTS) is 1. The smallest absolute Gasteiger partial charge is 0.335 e. The summed E-state index contributed by atoms with van der Waals surface area (Å²) in [5, 5.41) is 31.6. The number of carboxylic acids is 1. The lowest BCUT2D eigenvalue weighted by atomic mass is 9.98. The zero-order valence-electron chi connectivity index (χ0n) is 54.1. The fraction of sp³-hybridized carbons (Fsp3) is 0.753. The number of aliphatic hydroxyl groups is 2. The molecule has 6 unspecified atom stereocenters. The van der Waals surface area contributed by atoms with E-state index < -0.39 is 67.3 Å². The molecule has 0 spiro atoms. The van der Waals surface area contributed by atoms with Gasteiger partial charge in [-0.25, -0.2) is 4.79 Å². The molecule has 0 saturated carbocycles. The summed E-state index contributed by atoms with van der Waals surface area (Å²) in [6.45, 7) is 5.90. The third-order valence-corrected chi connectivity index (χ3v) is 15.4. The van der Waals surface area contributed by atoms with Gasteiger partial charge in [0.15, 0.2) is 24.6 Å². The normalized spacial score (nSPS) is 18.0. The minimum absolute atomic E-state index is 0.0188. The van der Waals surface area contributed by atoms with E-state index >= 15 is 0 Å². The van der Waals surface area contributed by atoms with Crippen LogP contribution in [-0.2, 0) is 42.9 Å². The SMILES string of the molecule is CC/C=C\C/C=C\C/C=C\C/C=C\C/C=C\CCCCCC(=O)OC1C(OCC(COC(=O)CCCCCCCCCCC/C=C\CCCCCCCC)OC(=O)CCCCCCCCC/C=C\CCCCCCCC)OC(C(=O)O)C(O)C1O. The van der Waals surface area contributed by atoms with E-state index in [4.69, 9.17) is 23.7 Å². The van der Waals surface area contributed by atoms with E-state index in [0.717, 1.165) is 103 Å². The van der Waals surface area contributed by atoms with Gasteiger partial charge in [0.05, 0.1) is 6.61 Å². The second-order valence-electron chi connectivity index (χ2n) is 23.4. The predicted molar refractivity (Wildman–Crippen MR) is 349 cm³/mol. The molecule has 1 aliphatic rings. The van der Waals surface area contributed by atoms with Crippen LogP contribution in [0.25, 0.3) is 0 Å². The second-order valence-corrected chi connectivity index (χ2v) is 23.4. The Morgan fingerprint density at radius 3 is 1.15 bits per heavy atom. The molecule has 6 atom stereocenters. The van der Waals surface area contributed by atoms with Crippen molar-refractivity contribution in [1.29, 1.82) is 0 Å². The molecule has 1 heterocycles. The van der Waals surface area contributed by atoms with Crippen molar-refractivity contribution in [1.82, 2.24) is 0 Å². The van der Waals surface area contributed by atoms with Crippen molar-refractivity contribution >= 4 is 23.9 Å². The molecule has 0 radical (unpaired) electrons. The van der Waals surface area contributed by atoms with Crippen LogP contribution in [0.5, 0.6) is 0 Å². The fourth-order valence-electron chi connectivity index (χ4n) is 10.2. The summed E-state index contributed by atoms with van der Waals surface area (Å²) in [7, 11) is 0. The van der Waals surface area contributed by atoms with Gasteiger partial charge in [0.1, 0.15) is 18.8 Å². The van der Waals surface area contributed by atoms with Crippen LogP contribution in [0.2, 0.25) is 0 Å². The first-order valence-electron chi connectivity index (χ1n) is 34.6. The number of rotatable bonds is 59. The van der Waals surface area contributed by atoms with Gasteiger partial charge in [0.25, 0.3) is 0 Å². The van der Waals surface area contributed by atoms with Gasteiger partial charge in [0.2, 0.25) is 0 Å². The van der Waals surface area contributed by atoms with Crippen molar-refractivity contribution in [2.75, 3.05) is 13.2 Å². The average molecular weight is 1190 g/mol. The van der Waals surface area contributed by atoms with Gasteiger partial charge in [-0.05, 0) is 116 Å². The van der Waals surface area contributed by atoms with E-state index in [-0.39, 0.29) is 25.9 Å². The maximum Gasteiger partial charge on any atom is 0.335 e. The lowest BCUT2D eigenvalue weighted by Crippen LogP contribution is -2.61. The van der Waals surface area contributed by atoms with E-state index in [2.05, 4.69) is 106 Å². The van der Waals surface area contributed by atoms with E-state index in [1.807, 2.05) is 0 Å². The van der Waals surface area contributed by atoms with Crippen LogP contribution in [0.1, 0.15) is 303 Å². The second kappa shape index (κ2) is 60.2. The highest BCUT2D eigenvalue weighted by Gasteiger charge is 2.50. The van der Waals surface area contributed by atoms with Gasteiger partial charge < -0.3 is 39.0 Å². The van der Waals surface area contributed by atoms with Gasteiger partial charge in [-0.3, -0.25) is 14.4 Å². The van der Waals surface area contributed by atoms with Crippen LogP contribution in [-0.4, -0.2) is 89.2 Å². The maximum absolute atomic E-state index is 13.2. The third-order valence-electron chi connectivity index (χ3n) is 15.4. The molecule has 0 aromatic heterocycles. The summed E-state index contributed by atoms with van der Waals surface area (Å²) in [6.07, 6.45) is 66.8. The summed E-state index contributed by atoms with van der Waals surface area (Å²) in [6, 6.07) is 0. The number of aliphatic carboxylic acids is 1. The summed E-state index contributed by atoms with van der Waals surface area (Å²) in [4.78, 5) is 51.5. The Kier molecular flexibility index (Phi) is 55.9. The van der Waals surface area contributed by atoms with E-state index in [9.17, 15) is 34.5 Å². The molecule has 0 amide bonds. The summed E-state index contributed by atoms with van der Waals surface area (Å²) < 4.78 is 28.6. The first kappa shape index (κ1) is 78.9. The van der Waals surface area contributed by atoms with Crippen molar-refractivity contribution in [2.24, 2.45) is 0 Å². The number of allylic oxidation sites excluding steroid dienone is 14. The Morgan fingerprint density at radius 2 is 0.741 bits per heavy atom. The first-order valence-corrected chi connectivity index (χ1v) is 34.6. The molecule has 12 heteroatoms. The highest BCUT2D eigenvalue weighted by atomic mass is 16.7. The quantitative estimate of drug-likeness (QED) is 0.0228. The Labute approximate surface area is 518 Å². The Bertz CT molecular complexity index is 1800. The van der Waals surface area contributed by atoms with Crippen LogP contribution in [0.4, 0.5) is 0 Å². The molecule has 0 aromatic rings. The minimum atomic E-state index is -1.92. The average Bonchev–Trinajstić information content (AvgIpc) is 2.79. The Hall–Kier alpha value is -4.10. The van der Waals surface area contributed by atoms with Gasteiger partial charge in [0, 0.05) is 19.3 Å². The molecule has 1 aliphatic heterocycles. The van der Waals surface area contributed by atoms with E-state index in [1.54, 1.807) is 0 Å². The molecule has 0 aliphatic carbocycles. The van der Waals surface area contributed by atoms with Crippen LogP contribution >= 0.6 is 0 Å². The van der Waals surface area contributed by atoms with Crippen molar-refractivity contribution in [3.05, 3.63) is 85.1 Å². The molecule has 0 aromatic carbocycles. The number of hydrogen-bond acceptors (Lipinski definition) is 11. The van der Waals surface area contributed by atoms with Gasteiger partial charge in [-0.1, -0.05) is 254 Å². The van der Waals surface area contributed by atoms with Crippen LogP contribution in [0, 0.1) is 0 Å². The minimum Gasteiger partial charge on any atom is -0.479 e. The zero-order chi connectivity index (χ0) is 61.7. The van der Waals surface area contributed by atoms with Gasteiger partial charge in [-0.2, -0.15) is 0 Å². The molecular weight excluding hydrogens is 1070 g/mol. The first-order chi connectivity index (χ1) is 41.6. The number of aliphatic hydroxyl groups excluding tert-OH is 2. The molecule has 1 saturated heterocycles. The van der Waals surface area contributed by atoms with Crippen molar-refractivity contribution in [3.8, 4) is 0 Å². The van der Waals surface area contributed by atoms with E-state index in [1.165, 1.54) is 141 Å². The summed E-state index contributed by atoms with van der Waals surface area (Å²) in [5.41, 5.74) is 0. The Morgan fingerprint density at radius 1 is 0.400 bits per heavy atom. The monoisotopic (exact) mass is 1190 g/mol. The highest BCUT2D eigenvalue weighted by Crippen LogP contribution is 2.27. The van der Waals surface area contributed by atoms with Crippen molar-refractivity contribution < 1.29 is 58.2 Å². The third kappa shape index (κ3) is 49.6. The molecule has 12 nitrogen and oxygen atoms in total. The number of unbranched alkanes of at least 4 members (excludes halogenated alkanes) is 31. The summed E-state index contributed by atoms with van der Waals surface area (Å²) in [5.74, 6) is -3.16. The number of ether oxygens (including phenoxy) is 5. The topological polar surface area (TPSA) is 175 Å². The zero-order valence-corrected chi connectivity index (χ0v) is 54.1. The highest BCUT2D eigenvalue weighted by molar-refractivity contribution is 5.74. The lowest BCUT2D eigenvalue weighted by Gasteiger charge is -2.40. The summed E-state index contributed by atoms with van der Waals surface area (Å²) >= 11 is 0. The largest absolute Gasteiger partial charge is 0.479 e. The van der Waals surface area contributed by atoms with Crippen LogP contribution in [0.15, 0.2) is 85.1 Å². The molecule has 1 fully saturated rings. The number of carbonyl (C=O) groups excluding carboxylic acids is 3. The molecule has 3 N–H and O–H groups in total. The molecule has 85 heavy (non-hydrogen) atoms. The number of esters is 3. The molecule has 1 rings (SSSR count). The molecular formula is C73H124O12. The molecule has 0 bridgehead atoms.